The molecular weight excluding hydrogens is 364 g/mol. The Labute approximate surface area is 155 Å². The molecule has 1 amide bonds. The molecule has 0 saturated carbocycles. The van der Waals surface area contributed by atoms with Crippen molar-refractivity contribution in [1.29, 1.82) is 0 Å². The molecule has 0 fully saturated rings. The number of hydrogen-bond donors (Lipinski definition) is 1. The molecule has 138 valence electrons. The number of methoxy groups -OCH3 is 1. The molecule has 2 aromatic rings. The van der Waals surface area contributed by atoms with Gasteiger partial charge in [0.2, 0.25) is 5.91 Å². The maximum Gasteiger partial charge on any atom is 0.387 e. The predicted octanol–water partition coefficient (Wildman–Crippen LogP) is 4.84. The van der Waals surface area contributed by atoms with Crippen molar-refractivity contribution in [2.75, 3.05) is 7.11 Å². The van der Waals surface area contributed by atoms with Crippen molar-refractivity contribution >= 4 is 23.6 Å². The Kier molecular flexibility index (Phi) is 6.97. The summed E-state index contributed by atoms with van der Waals surface area (Å²) in [6.07, 6.45) is 2.89. The first-order chi connectivity index (χ1) is 12.4. The molecule has 0 spiro atoms. The van der Waals surface area contributed by atoms with E-state index in [1.165, 1.54) is 25.3 Å². The average molecular weight is 382 g/mol. The van der Waals surface area contributed by atoms with Crippen molar-refractivity contribution in [2.45, 2.75) is 19.6 Å². The zero-order chi connectivity index (χ0) is 19.1. The zero-order valence-electron chi connectivity index (χ0n) is 14.2. The number of alkyl halides is 2. The Morgan fingerprint density at radius 1 is 1.19 bits per heavy atom. The van der Waals surface area contributed by atoms with Gasteiger partial charge in [-0.15, -0.1) is 0 Å². The summed E-state index contributed by atoms with van der Waals surface area (Å²) < 4.78 is 34.0. The molecule has 0 saturated heterocycles. The minimum Gasteiger partial charge on any atom is -0.493 e. The van der Waals surface area contributed by atoms with Gasteiger partial charge >= 0.3 is 6.61 Å². The molecule has 0 aliphatic carbocycles. The summed E-state index contributed by atoms with van der Waals surface area (Å²) in [6, 6.07) is 11.4. The van der Waals surface area contributed by atoms with Gasteiger partial charge < -0.3 is 14.8 Å². The van der Waals surface area contributed by atoms with E-state index in [-0.39, 0.29) is 23.4 Å². The lowest BCUT2D eigenvalue weighted by Crippen LogP contribution is -2.24. The Bertz CT molecular complexity index is 796. The zero-order valence-corrected chi connectivity index (χ0v) is 15.0. The maximum absolute atomic E-state index is 12.3. The van der Waals surface area contributed by atoms with E-state index < -0.39 is 6.61 Å². The lowest BCUT2D eigenvalue weighted by Gasteiger charge is -2.14. The monoisotopic (exact) mass is 381 g/mol. The molecule has 26 heavy (non-hydrogen) atoms. The van der Waals surface area contributed by atoms with Gasteiger partial charge in [0.05, 0.1) is 13.2 Å². The van der Waals surface area contributed by atoms with Gasteiger partial charge in [-0.2, -0.15) is 8.78 Å². The highest BCUT2D eigenvalue weighted by molar-refractivity contribution is 6.31. The summed E-state index contributed by atoms with van der Waals surface area (Å²) in [6.45, 7) is -1.12. The second-order valence-electron chi connectivity index (χ2n) is 5.37. The second-order valence-corrected chi connectivity index (χ2v) is 5.78. The highest BCUT2D eigenvalue weighted by Crippen LogP contribution is 2.30. The molecule has 1 unspecified atom stereocenters. The topological polar surface area (TPSA) is 47.6 Å². The van der Waals surface area contributed by atoms with Gasteiger partial charge in [-0.3, -0.25) is 4.79 Å². The maximum atomic E-state index is 12.3. The number of carbonyl (C=O) groups is 1. The third-order valence-electron chi connectivity index (χ3n) is 3.56. The summed E-state index contributed by atoms with van der Waals surface area (Å²) >= 11 is 6.11. The van der Waals surface area contributed by atoms with Crippen LogP contribution in [0.1, 0.15) is 24.1 Å². The highest BCUT2D eigenvalue weighted by Gasteiger charge is 2.12. The fourth-order valence-corrected chi connectivity index (χ4v) is 2.62. The van der Waals surface area contributed by atoms with Crippen molar-refractivity contribution < 1.29 is 23.0 Å². The minimum atomic E-state index is -2.94. The van der Waals surface area contributed by atoms with Crippen LogP contribution in [0.5, 0.6) is 11.5 Å². The summed E-state index contributed by atoms with van der Waals surface area (Å²) in [5.74, 6) is -0.238. The molecule has 0 bridgehead atoms. The van der Waals surface area contributed by atoms with Gasteiger partial charge in [0, 0.05) is 11.1 Å². The van der Waals surface area contributed by atoms with E-state index in [4.69, 9.17) is 16.3 Å². The Morgan fingerprint density at radius 3 is 2.58 bits per heavy atom. The summed E-state index contributed by atoms with van der Waals surface area (Å²) in [5, 5.41) is 3.38. The first-order valence-electron chi connectivity index (χ1n) is 7.76. The number of ether oxygens (including phenoxy) is 2. The van der Waals surface area contributed by atoms with Crippen molar-refractivity contribution in [2.24, 2.45) is 0 Å². The normalized spacial score (nSPS) is 12.2. The van der Waals surface area contributed by atoms with Crippen LogP contribution in [-0.4, -0.2) is 19.6 Å². The van der Waals surface area contributed by atoms with Crippen molar-refractivity contribution in [3.8, 4) is 11.5 Å². The molecule has 4 nitrogen and oxygen atoms in total. The van der Waals surface area contributed by atoms with Crippen LogP contribution in [-0.2, 0) is 4.79 Å². The van der Waals surface area contributed by atoms with E-state index >= 15 is 0 Å². The van der Waals surface area contributed by atoms with E-state index in [9.17, 15) is 13.6 Å². The smallest absolute Gasteiger partial charge is 0.387 e. The van der Waals surface area contributed by atoms with Crippen molar-refractivity contribution in [3.05, 3.63) is 64.7 Å². The minimum absolute atomic E-state index is 0.0727. The molecule has 2 rings (SSSR count). The Balaban J connectivity index is 2.04. The third-order valence-corrected chi connectivity index (χ3v) is 3.91. The fourth-order valence-electron chi connectivity index (χ4n) is 2.32. The van der Waals surface area contributed by atoms with Gasteiger partial charge in [-0.1, -0.05) is 35.9 Å². The SMILES string of the molecule is COc1cc(/C=C/C(=O)NC(C)c2ccccc2Cl)ccc1OC(F)F. The fraction of sp³-hybridized carbons (Fsp3) is 0.211. The van der Waals surface area contributed by atoms with Gasteiger partial charge in [0.1, 0.15) is 0 Å². The van der Waals surface area contributed by atoms with Crippen molar-refractivity contribution in [1.82, 2.24) is 5.32 Å². The van der Waals surface area contributed by atoms with Crippen LogP contribution in [0.3, 0.4) is 0 Å². The first-order valence-corrected chi connectivity index (χ1v) is 8.14. The van der Waals surface area contributed by atoms with Crippen LogP contribution in [0.25, 0.3) is 6.08 Å². The summed E-state index contributed by atoms with van der Waals surface area (Å²) in [7, 11) is 1.35. The lowest BCUT2D eigenvalue weighted by atomic mass is 10.1. The number of hydrogen-bond acceptors (Lipinski definition) is 3. The standard InChI is InChI=1S/C19H18ClF2NO3/c1-12(14-5-3-4-6-15(14)20)23-18(24)10-8-13-7-9-16(26-19(21)22)17(11-13)25-2/h3-12,19H,1-2H3,(H,23,24)/b10-8+. The van der Waals surface area contributed by atoms with E-state index in [0.29, 0.717) is 10.6 Å². The quantitative estimate of drug-likeness (QED) is 0.698. The molecule has 0 aliphatic rings. The lowest BCUT2D eigenvalue weighted by molar-refractivity contribution is -0.117. The van der Waals surface area contributed by atoms with Crippen LogP contribution in [0.15, 0.2) is 48.5 Å². The van der Waals surface area contributed by atoms with Crippen LogP contribution in [0.2, 0.25) is 5.02 Å². The third kappa shape index (κ3) is 5.46. The van der Waals surface area contributed by atoms with Gasteiger partial charge in [-0.25, -0.2) is 0 Å². The molecule has 0 radical (unpaired) electrons. The number of carbonyl (C=O) groups excluding carboxylic acids is 1. The van der Waals surface area contributed by atoms with E-state index in [0.717, 1.165) is 5.56 Å². The Morgan fingerprint density at radius 2 is 1.92 bits per heavy atom. The second kappa shape index (κ2) is 9.20. The number of halogens is 3. The largest absolute Gasteiger partial charge is 0.493 e. The summed E-state index contributed by atoms with van der Waals surface area (Å²) in [5.41, 5.74) is 1.41. The molecule has 1 N–H and O–H groups in total. The number of amides is 1. The molecule has 1 atom stereocenters. The van der Waals surface area contributed by atoms with Crippen molar-refractivity contribution in [3.63, 3.8) is 0 Å². The molecule has 0 heterocycles. The first kappa shape index (κ1) is 19.7. The van der Waals surface area contributed by atoms with E-state index in [1.807, 2.05) is 25.1 Å². The molecule has 0 aliphatic heterocycles. The number of rotatable bonds is 7. The van der Waals surface area contributed by atoms with Crippen LogP contribution in [0, 0.1) is 0 Å². The molecule has 2 aromatic carbocycles. The predicted molar refractivity (Wildman–Crippen MR) is 96.7 cm³/mol. The van der Waals surface area contributed by atoms with Gasteiger partial charge in [0.15, 0.2) is 11.5 Å². The number of nitrogens with one attached hydrogen (secondary N) is 1. The average Bonchev–Trinajstić information content (AvgIpc) is 2.60. The molecular formula is C19H18ClF2NO3. The molecule has 0 aromatic heterocycles. The van der Waals surface area contributed by atoms with Crippen LogP contribution >= 0.6 is 11.6 Å². The summed E-state index contributed by atoms with van der Waals surface area (Å²) in [4.78, 5) is 12.1. The highest BCUT2D eigenvalue weighted by atomic mass is 35.5. The van der Waals surface area contributed by atoms with E-state index in [1.54, 1.807) is 18.2 Å². The van der Waals surface area contributed by atoms with Gasteiger partial charge in [0.25, 0.3) is 0 Å². The van der Waals surface area contributed by atoms with Crippen LogP contribution < -0.4 is 14.8 Å². The number of benzene rings is 2. The van der Waals surface area contributed by atoms with E-state index in [2.05, 4.69) is 10.1 Å². The molecule has 7 heteroatoms. The Hall–Kier alpha value is -2.60. The van der Waals surface area contributed by atoms with Crippen LogP contribution in [0.4, 0.5) is 8.78 Å². The van der Waals surface area contributed by atoms with Gasteiger partial charge in [-0.05, 0) is 42.3 Å².